The van der Waals surface area contributed by atoms with Crippen LogP contribution in [0.4, 0.5) is 5.69 Å². The lowest BCUT2D eigenvalue weighted by molar-refractivity contribution is -0.0431. The normalized spacial score (nSPS) is 22.2. The number of hydrogen-bond acceptors (Lipinski definition) is 5. The van der Waals surface area contributed by atoms with Crippen molar-refractivity contribution in [1.82, 2.24) is 10.2 Å². The van der Waals surface area contributed by atoms with Gasteiger partial charge in [-0.2, -0.15) is 0 Å². The second-order valence-corrected chi connectivity index (χ2v) is 6.89. The molecule has 8 heteroatoms. The first-order valence-corrected chi connectivity index (χ1v) is 9.95. The van der Waals surface area contributed by atoms with Gasteiger partial charge in [-0.25, -0.2) is 0 Å². The molecule has 2 unspecified atom stereocenters. The molecular weight excluding hydrogens is 471 g/mol. The van der Waals surface area contributed by atoms with Crippen LogP contribution < -0.4 is 20.1 Å². The zero-order valence-electron chi connectivity index (χ0n) is 17.1. The number of guanidine groups is 1. The SMILES string of the molecule is CCNC(=NCC1CN2CCCC2CO1)Nc1ccc(OCC)c(OC)c1.I. The number of anilines is 1. The molecule has 158 valence electrons. The van der Waals surface area contributed by atoms with Crippen LogP contribution in [-0.2, 0) is 4.74 Å². The summed E-state index contributed by atoms with van der Waals surface area (Å²) >= 11 is 0. The summed E-state index contributed by atoms with van der Waals surface area (Å²) < 4.78 is 17.0. The Bertz CT molecular complexity index is 644. The minimum absolute atomic E-state index is 0. The average molecular weight is 504 g/mol. The molecule has 0 aliphatic carbocycles. The van der Waals surface area contributed by atoms with Crippen LogP contribution in [0.2, 0.25) is 0 Å². The summed E-state index contributed by atoms with van der Waals surface area (Å²) in [5.41, 5.74) is 0.902. The van der Waals surface area contributed by atoms with E-state index in [2.05, 4.69) is 22.5 Å². The van der Waals surface area contributed by atoms with Crippen molar-refractivity contribution in [2.45, 2.75) is 38.8 Å². The van der Waals surface area contributed by atoms with Gasteiger partial charge in [0.15, 0.2) is 17.5 Å². The minimum atomic E-state index is 0. The number of halogens is 1. The smallest absolute Gasteiger partial charge is 0.195 e. The molecule has 7 nitrogen and oxygen atoms in total. The van der Waals surface area contributed by atoms with E-state index < -0.39 is 0 Å². The maximum Gasteiger partial charge on any atom is 0.195 e. The maximum absolute atomic E-state index is 6.01. The zero-order valence-corrected chi connectivity index (χ0v) is 19.4. The highest BCUT2D eigenvalue weighted by Gasteiger charge is 2.31. The molecule has 1 aromatic rings. The number of nitrogens with one attached hydrogen (secondary N) is 2. The van der Waals surface area contributed by atoms with Crippen molar-refractivity contribution >= 4 is 35.6 Å². The van der Waals surface area contributed by atoms with Gasteiger partial charge >= 0.3 is 0 Å². The van der Waals surface area contributed by atoms with Gasteiger partial charge in [-0.05, 0) is 45.4 Å². The summed E-state index contributed by atoms with van der Waals surface area (Å²) in [6, 6.07) is 6.41. The number of rotatable bonds is 7. The van der Waals surface area contributed by atoms with Gasteiger partial charge in [0.1, 0.15) is 0 Å². The Morgan fingerprint density at radius 1 is 1.32 bits per heavy atom. The molecule has 2 atom stereocenters. The van der Waals surface area contributed by atoms with Gasteiger partial charge in [0.2, 0.25) is 0 Å². The Labute approximate surface area is 185 Å². The highest BCUT2D eigenvalue weighted by atomic mass is 127. The van der Waals surface area contributed by atoms with Crippen LogP contribution in [0.3, 0.4) is 0 Å². The number of ether oxygens (including phenoxy) is 3. The Balaban J connectivity index is 0.00000280. The largest absolute Gasteiger partial charge is 0.493 e. The third-order valence-electron chi connectivity index (χ3n) is 4.98. The molecule has 2 heterocycles. The van der Waals surface area contributed by atoms with Crippen molar-refractivity contribution in [3.8, 4) is 11.5 Å². The number of aliphatic imine (C=N–C) groups is 1. The third-order valence-corrected chi connectivity index (χ3v) is 4.98. The molecule has 0 saturated carbocycles. The minimum Gasteiger partial charge on any atom is -0.493 e. The van der Waals surface area contributed by atoms with Crippen LogP contribution in [0.5, 0.6) is 11.5 Å². The molecule has 2 saturated heterocycles. The lowest BCUT2D eigenvalue weighted by atomic mass is 10.2. The van der Waals surface area contributed by atoms with Crippen LogP contribution in [0.1, 0.15) is 26.7 Å². The van der Waals surface area contributed by atoms with Gasteiger partial charge in [-0.1, -0.05) is 0 Å². The molecule has 2 N–H and O–H groups in total. The second kappa shape index (κ2) is 11.7. The van der Waals surface area contributed by atoms with Crippen LogP contribution in [-0.4, -0.2) is 69.5 Å². The highest BCUT2D eigenvalue weighted by Crippen LogP contribution is 2.30. The van der Waals surface area contributed by atoms with Crippen LogP contribution in [0, 0.1) is 0 Å². The lowest BCUT2D eigenvalue weighted by Crippen LogP contribution is -2.47. The lowest BCUT2D eigenvalue weighted by Gasteiger charge is -2.34. The number of nitrogens with zero attached hydrogens (tertiary/aromatic N) is 2. The second-order valence-electron chi connectivity index (χ2n) is 6.89. The number of morpholine rings is 1. The predicted octanol–water partition coefficient (Wildman–Crippen LogP) is 2.95. The first kappa shape index (κ1) is 23.0. The quantitative estimate of drug-likeness (QED) is 0.338. The van der Waals surface area contributed by atoms with Crippen molar-refractivity contribution in [3.63, 3.8) is 0 Å². The summed E-state index contributed by atoms with van der Waals surface area (Å²) in [6.45, 7) is 9.06. The predicted molar refractivity (Wildman–Crippen MR) is 124 cm³/mol. The van der Waals surface area contributed by atoms with Gasteiger partial charge in [0, 0.05) is 30.9 Å². The molecular formula is C20H33IN4O3. The molecule has 28 heavy (non-hydrogen) atoms. The van der Waals surface area contributed by atoms with E-state index in [-0.39, 0.29) is 30.1 Å². The number of hydrogen-bond donors (Lipinski definition) is 2. The van der Waals surface area contributed by atoms with Crippen LogP contribution in [0.25, 0.3) is 0 Å². The van der Waals surface area contributed by atoms with Gasteiger partial charge in [-0.15, -0.1) is 24.0 Å². The fraction of sp³-hybridized carbons (Fsp3) is 0.650. The van der Waals surface area contributed by atoms with E-state index in [1.54, 1.807) is 7.11 Å². The van der Waals surface area contributed by atoms with Crippen molar-refractivity contribution < 1.29 is 14.2 Å². The fourth-order valence-electron chi connectivity index (χ4n) is 3.65. The number of methoxy groups -OCH3 is 1. The molecule has 1 aromatic carbocycles. The molecule has 0 spiro atoms. The Morgan fingerprint density at radius 3 is 2.93 bits per heavy atom. The molecule has 2 fully saturated rings. The van der Waals surface area contributed by atoms with E-state index in [0.717, 1.165) is 37.1 Å². The molecule has 0 aromatic heterocycles. The standard InChI is InChI=1S/C20H32N4O3.HI/c1-4-21-20(22-12-17-13-24-10-6-7-16(24)14-27-17)23-15-8-9-18(26-5-2)19(11-15)25-3;/h8-9,11,16-17H,4-7,10,12-14H2,1-3H3,(H2,21,22,23);1H. The first-order chi connectivity index (χ1) is 13.2. The summed E-state index contributed by atoms with van der Waals surface area (Å²) in [4.78, 5) is 7.27. The zero-order chi connectivity index (χ0) is 19.1. The molecule has 3 rings (SSSR count). The van der Waals surface area contributed by atoms with Crippen LogP contribution in [0.15, 0.2) is 23.2 Å². The van der Waals surface area contributed by atoms with Crippen molar-refractivity contribution in [3.05, 3.63) is 18.2 Å². The Kier molecular flexibility index (Phi) is 9.60. The summed E-state index contributed by atoms with van der Waals surface area (Å²) in [5.74, 6) is 2.19. The topological polar surface area (TPSA) is 67.4 Å². The fourth-order valence-corrected chi connectivity index (χ4v) is 3.65. The first-order valence-electron chi connectivity index (χ1n) is 9.95. The molecule has 0 bridgehead atoms. The monoisotopic (exact) mass is 504 g/mol. The van der Waals surface area contributed by atoms with Gasteiger partial charge < -0.3 is 24.8 Å². The van der Waals surface area contributed by atoms with Gasteiger partial charge in [-0.3, -0.25) is 9.89 Å². The van der Waals surface area contributed by atoms with E-state index in [4.69, 9.17) is 19.2 Å². The maximum atomic E-state index is 6.01. The Morgan fingerprint density at radius 2 is 2.18 bits per heavy atom. The van der Waals surface area contributed by atoms with E-state index in [1.807, 2.05) is 25.1 Å². The number of fused-ring (bicyclic) bond motifs is 1. The molecule has 0 radical (unpaired) electrons. The van der Waals surface area contributed by atoms with Crippen molar-refractivity contribution in [2.75, 3.05) is 51.8 Å². The van der Waals surface area contributed by atoms with Gasteiger partial charge in [0.05, 0.1) is 33.0 Å². The molecule has 0 amide bonds. The third kappa shape index (κ3) is 6.12. The highest BCUT2D eigenvalue weighted by molar-refractivity contribution is 14.0. The van der Waals surface area contributed by atoms with E-state index in [1.165, 1.54) is 19.4 Å². The molecule has 2 aliphatic heterocycles. The van der Waals surface area contributed by atoms with Crippen LogP contribution >= 0.6 is 24.0 Å². The van der Waals surface area contributed by atoms with E-state index in [9.17, 15) is 0 Å². The summed E-state index contributed by atoms with van der Waals surface area (Å²) in [7, 11) is 1.65. The molecule has 2 aliphatic rings. The van der Waals surface area contributed by atoms with Crippen molar-refractivity contribution in [1.29, 1.82) is 0 Å². The number of benzene rings is 1. The van der Waals surface area contributed by atoms with Crippen molar-refractivity contribution in [2.24, 2.45) is 4.99 Å². The van der Waals surface area contributed by atoms with Gasteiger partial charge in [0.25, 0.3) is 0 Å². The van der Waals surface area contributed by atoms with E-state index >= 15 is 0 Å². The Hall–Kier alpha value is -1.26. The average Bonchev–Trinajstić information content (AvgIpc) is 3.15. The summed E-state index contributed by atoms with van der Waals surface area (Å²) in [6.07, 6.45) is 2.71. The van der Waals surface area contributed by atoms with E-state index in [0.29, 0.717) is 24.9 Å². The summed E-state index contributed by atoms with van der Waals surface area (Å²) in [5, 5.41) is 6.64.